The maximum atomic E-state index is 12.9. The number of ether oxygens (including phenoxy) is 2. The van der Waals surface area contributed by atoms with Gasteiger partial charge in [0.1, 0.15) is 5.75 Å². The molecule has 40 heavy (non-hydrogen) atoms. The Labute approximate surface area is 245 Å². The molecule has 0 spiro atoms. The molecule has 4 rings (SSSR count). The number of rotatable bonds is 10. The summed E-state index contributed by atoms with van der Waals surface area (Å²) in [6.07, 6.45) is 9.01. The number of carbonyl (C=O) groups excluding carboxylic acids is 1. The highest BCUT2D eigenvalue weighted by Gasteiger charge is 2.25. The van der Waals surface area contributed by atoms with Crippen LogP contribution >= 0.6 is 15.9 Å². The number of anilines is 1. The van der Waals surface area contributed by atoms with Crippen LogP contribution in [0.3, 0.4) is 0 Å². The molecule has 1 heterocycles. The normalized spacial score (nSPS) is 20.3. The van der Waals surface area contributed by atoms with E-state index in [0.29, 0.717) is 24.3 Å². The van der Waals surface area contributed by atoms with Crippen LogP contribution in [0.15, 0.2) is 58.1 Å². The lowest BCUT2D eigenvalue weighted by Crippen LogP contribution is -2.39. The topological polar surface area (TPSA) is 113 Å². The number of hydrogen-bond acceptors (Lipinski definition) is 7. The predicted molar refractivity (Wildman–Crippen MR) is 162 cm³/mol. The summed E-state index contributed by atoms with van der Waals surface area (Å²) in [4.78, 5) is 19.5. The monoisotopic (exact) mass is 607 g/mol. The fourth-order valence-electron chi connectivity index (χ4n) is 5.19. The number of piperidine rings is 1. The molecule has 0 atom stereocenters. The van der Waals surface area contributed by atoms with Gasteiger partial charge in [-0.2, -0.15) is 5.26 Å². The molecule has 0 radical (unpaired) electrons. The first kappa shape index (κ1) is 29.6. The second-order valence-electron chi connectivity index (χ2n) is 10.3. The average molecular weight is 609 g/mol. The van der Waals surface area contributed by atoms with Crippen molar-refractivity contribution in [3.63, 3.8) is 0 Å². The van der Waals surface area contributed by atoms with E-state index in [9.17, 15) is 4.79 Å². The van der Waals surface area contributed by atoms with Crippen LogP contribution in [0.1, 0.15) is 60.0 Å². The van der Waals surface area contributed by atoms with Gasteiger partial charge in [0.25, 0.3) is 5.91 Å². The summed E-state index contributed by atoms with van der Waals surface area (Å²) < 4.78 is 12.9. The van der Waals surface area contributed by atoms with Gasteiger partial charge in [-0.05, 0) is 109 Å². The van der Waals surface area contributed by atoms with Crippen molar-refractivity contribution in [2.45, 2.75) is 63.7 Å². The Morgan fingerprint density at radius 2 is 1.85 bits per heavy atom. The first-order valence-electron chi connectivity index (χ1n) is 14.0. The Balaban J connectivity index is 1.16. The minimum Gasteiger partial charge on any atom is -0.490 e. The standard InChI is InChI=1S/C31H38BrN5O3/c1-22-18-30(9-4-24(22)19-33)40-29-10-5-26(6-11-29)36-31(38)23-2-7-27(8-3-23)37-15-12-28(13-16-37)39-17-14-35-21-25(32)20-34/h2-4,7-9,18,20-21,26,28-29H,5-6,10-17,34H2,1H3,(H,36,38). The lowest BCUT2D eigenvalue weighted by Gasteiger charge is -2.33. The van der Waals surface area contributed by atoms with Crippen LogP contribution in [0.5, 0.6) is 5.75 Å². The number of aliphatic imine (C=N–C) groups is 1. The van der Waals surface area contributed by atoms with Gasteiger partial charge < -0.3 is 25.4 Å². The van der Waals surface area contributed by atoms with Crippen LogP contribution in [0.4, 0.5) is 5.69 Å². The van der Waals surface area contributed by atoms with Gasteiger partial charge in [0.2, 0.25) is 0 Å². The second-order valence-corrected chi connectivity index (χ2v) is 11.3. The number of amides is 1. The van der Waals surface area contributed by atoms with Gasteiger partial charge in [-0.25, -0.2) is 0 Å². The third-order valence-corrected chi connectivity index (χ3v) is 7.98. The van der Waals surface area contributed by atoms with Crippen molar-refractivity contribution in [2.24, 2.45) is 10.7 Å². The van der Waals surface area contributed by atoms with E-state index in [2.05, 4.69) is 37.2 Å². The van der Waals surface area contributed by atoms with Crippen LogP contribution in [-0.2, 0) is 4.74 Å². The first-order valence-corrected chi connectivity index (χ1v) is 14.8. The van der Waals surface area contributed by atoms with E-state index in [1.807, 2.05) is 43.3 Å². The SMILES string of the molecule is Cc1cc(OC2CCC(NC(=O)c3ccc(N4CCC(OCCN=CC(Br)=CN)CC4)cc3)CC2)ccc1C#N. The zero-order chi connectivity index (χ0) is 28.3. The lowest BCUT2D eigenvalue weighted by atomic mass is 9.92. The fraction of sp³-hybridized carbons (Fsp3) is 0.452. The Morgan fingerprint density at radius 3 is 2.50 bits per heavy atom. The minimum absolute atomic E-state index is 0.0256. The average Bonchev–Trinajstić information content (AvgIpc) is 2.98. The molecule has 0 bridgehead atoms. The van der Waals surface area contributed by atoms with E-state index >= 15 is 0 Å². The first-order chi connectivity index (χ1) is 19.4. The smallest absolute Gasteiger partial charge is 0.251 e. The second kappa shape index (κ2) is 14.9. The number of aryl methyl sites for hydroxylation is 1. The molecule has 2 aromatic carbocycles. The third-order valence-electron chi connectivity index (χ3n) is 7.51. The third kappa shape index (κ3) is 8.57. The zero-order valence-electron chi connectivity index (χ0n) is 23.0. The summed E-state index contributed by atoms with van der Waals surface area (Å²) in [5.41, 5.74) is 8.81. The van der Waals surface area contributed by atoms with Crippen molar-refractivity contribution in [1.82, 2.24) is 5.32 Å². The molecular weight excluding hydrogens is 570 g/mol. The van der Waals surface area contributed by atoms with E-state index in [1.165, 1.54) is 6.20 Å². The van der Waals surface area contributed by atoms with Gasteiger partial charge in [-0.3, -0.25) is 9.79 Å². The Morgan fingerprint density at radius 1 is 1.12 bits per heavy atom. The quantitative estimate of drug-likeness (QED) is 0.282. The summed E-state index contributed by atoms with van der Waals surface area (Å²) in [6, 6.07) is 15.8. The Bertz CT molecular complexity index is 1220. The summed E-state index contributed by atoms with van der Waals surface area (Å²) in [7, 11) is 0. The van der Waals surface area contributed by atoms with Crippen LogP contribution in [0.25, 0.3) is 0 Å². The number of nitrogens with zero attached hydrogens (tertiary/aromatic N) is 3. The molecule has 3 N–H and O–H groups in total. The Kier molecular flexibility index (Phi) is 11.0. The molecule has 2 aromatic rings. The number of carbonyl (C=O) groups is 1. The molecule has 1 saturated heterocycles. The molecule has 2 aliphatic rings. The summed E-state index contributed by atoms with van der Waals surface area (Å²) >= 11 is 3.29. The van der Waals surface area contributed by atoms with E-state index in [1.54, 1.807) is 12.3 Å². The van der Waals surface area contributed by atoms with Crippen LogP contribution < -0.4 is 20.7 Å². The van der Waals surface area contributed by atoms with Crippen molar-refractivity contribution in [1.29, 1.82) is 5.26 Å². The van der Waals surface area contributed by atoms with Gasteiger partial charge in [0, 0.05) is 42.8 Å². The van der Waals surface area contributed by atoms with Crippen molar-refractivity contribution in [3.8, 4) is 11.8 Å². The highest BCUT2D eigenvalue weighted by molar-refractivity contribution is 9.12. The summed E-state index contributed by atoms with van der Waals surface area (Å²) in [5.74, 6) is 0.776. The summed E-state index contributed by atoms with van der Waals surface area (Å²) in [6.45, 7) is 4.98. The molecule has 0 unspecified atom stereocenters. The molecule has 1 aliphatic heterocycles. The fourth-order valence-corrected chi connectivity index (χ4v) is 5.34. The molecule has 8 nitrogen and oxygen atoms in total. The highest BCUT2D eigenvalue weighted by atomic mass is 79.9. The largest absolute Gasteiger partial charge is 0.490 e. The molecular formula is C31H38BrN5O3. The van der Waals surface area contributed by atoms with Crippen molar-refractivity contribution in [2.75, 3.05) is 31.1 Å². The van der Waals surface area contributed by atoms with Crippen LogP contribution in [0.2, 0.25) is 0 Å². The van der Waals surface area contributed by atoms with Crippen LogP contribution in [-0.4, -0.2) is 56.6 Å². The number of nitrogens with two attached hydrogens (primary N) is 1. The van der Waals surface area contributed by atoms with Crippen molar-refractivity contribution in [3.05, 3.63) is 69.8 Å². The maximum Gasteiger partial charge on any atom is 0.251 e. The van der Waals surface area contributed by atoms with E-state index in [0.717, 1.165) is 73.1 Å². The molecule has 1 amide bonds. The number of allylic oxidation sites excluding steroid dienone is 1. The molecule has 0 aromatic heterocycles. The zero-order valence-corrected chi connectivity index (χ0v) is 24.6. The Hall–Kier alpha value is -3.35. The van der Waals surface area contributed by atoms with E-state index < -0.39 is 0 Å². The minimum atomic E-state index is -0.0256. The lowest BCUT2D eigenvalue weighted by molar-refractivity contribution is 0.0424. The van der Waals surface area contributed by atoms with E-state index in [4.69, 9.17) is 20.5 Å². The van der Waals surface area contributed by atoms with Gasteiger partial charge in [0.05, 0.1) is 41.5 Å². The molecule has 9 heteroatoms. The van der Waals surface area contributed by atoms with Gasteiger partial charge in [0.15, 0.2) is 0 Å². The van der Waals surface area contributed by atoms with Crippen LogP contribution in [0, 0.1) is 18.3 Å². The van der Waals surface area contributed by atoms with Gasteiger partial charge >= 0.3 is 0 Å². The van der Waals surface area contributed by atoms with Gasteiger partial charge in [-0.15, -0.1) is 0 Å². The number of benzene rings is 2. The number of nitrogens with one attached hydrogen (secondary N) is 1. The summed E-state index contributed by atoms with van der Waals surface area (Å²) in [5, 5.41) is 12.3. The number of nitriles is 1. The highest BCUT2D eigenvalue weighted by Crippen LogP contribution is 2.26. The predicted octanol–water partition coefficient (Wildman–Crippen LogP) is 5.24. The van der Waals surface area contributed by atoms with Crippen molar-refractivity contribution < 1.29 is 14.3 Å². The molecule has 1 aliphatic carbocycles. The molecule has 212 valence electrons. The number of halogens is 1. The maximum absolute atomic E-state index is 12.9. The van der Waals surface area contributed by atoms with E-state index in [-0.39, 0.29) is 24.2 Å². The van der Waals surface area contributed by atoms with Crippen molar-refractivity contribution >= 4 is 33.7 Å². The molecule has 2 fully saturated rings. The van der Waals surface area contributed by atoms with Gasteiger partial charge in [-0.1, -0.05) is 0 Å². The number of hydrogen-bond donors (Lipinski definition) is 2. The molecule has 1 saturated carbocycles.